The molecular formula is C16H20N2O3. The minimum Gasteiger partial charge on any atom is -0.394 e. The van der Waals surface area contributed by atoms with E-state index in [9.17, 15) is 4.79 Å². The Balaban J connectivity index is 1.78. The minimum absolute atomic E-state index is 0.0279. The molecule has 112 valence electrons. The number of benzene rings is 1. The number of carbonyl (C=O) groups is 1. The van der Waals surface area contributed by atoms with E-state index in [-0.39, 0.29) is 12.5 Å². The van der Waals surface area contributed by atoms with Crippen molar-refractivity contribution in [1.82, 2.24) is 9.88 Å². The van der Waals surface area contributed by atoms with E-state index in [4.69, 9.17) is 9.84 Å². The molecule has 1 aromatic carbocycles. The van der Waals surface area contributed by atoms with E-state index in [2.05, 4.69) is 5.32 Å². The van der Waals surface area contributed by atoms with Crippen LogP contribution in [0.2, 0.25) is 0 Å². The molecular weight excluding hydrogens is 268 g/mol. The number of hydrogen-bond donors (Lipinski definition) is 2. The molecule has 0 atom stereocenters. The summed E-state index contributed by atoms with van der Waals surface area (Å²) in [4.78, 5) is 11.9. The Bertz CT molecular complexity index is 535. The number of amides is 1. The third-order valence-corrected chi connectivity index (χ3v) is 3.02. The zero-order valence-electron chi connectivity index (χ0n) is 11.9. The van der Waals surface area contributed by atoms with E-state index in [0.717, 1.165) is 12.1 Å². The zero-order chi connectivity index (χ0) is 14.9. The second kappa shape index (κ2) is 8.24. The number of nitrogens with one attached hydrogen (secondary N) is 1. The number of carbonyl (C=O) groups excluding carboxylic acids is 1. The maximum absolute atomic E-state index is 11.9. The number of rotatable bonds is 8. The molecule has 21 heavy (non-hydrogen) atoms. The third kappa shape index (κ3) is 4.73. The van der Waals surface area contributed by atoms with Crippen LogP contribution in [0, 0.1) is 0 Å². The Kier molecular flexibility index (Phi) is 5.99. The molecule has 2 N–H and O–H groups in total. The van der Waals surface area contributed by atoms with E-state index in [1.54, 1.807) is 0 Å². The van der Waals surface area contributed by atoms with Gasteiger partial charge < -0.3 is 19.7 Å². The largest absolute Gasteiger partial charge is 0.394 e. The van der Waals surface area contributed by atoms with E-state index < -0.39 is 0 Å². The number of aliphatic hydroxyl groups excluding tert-OH is 1. The molecule has 0 fully saturated rings. The predicted octanol–water partition coefficient (Wildman–Crippen LogP) is 1.61. The summed E-state index contributed by atoms with van der Waals surface area (Å²) in [5, 5.41) is 11.4. The van der Waals surface area contributed by atoms with Crippen molar-refractivity contribution in [3.05, 3.63) is 54.4 Å². The lowest BCUT2D eigenvalue weighted by atomic mass is 10.2. The van der Waals surface area contributed by atoms with Crippen LogP contribution in [0.15, 0.2) is 48.8 Å². The van der Waals surface area contributed by atoms with Crippen LogP contribution in [0.3, 0.4) is 0 Å². The molecule has 1 amide bonds. The summed E-state index contributed by atoms with van der Waals surface area (Å²) < 4.78 is 7.11. The van der Waals surface area contributed by atoms with Crippen molar-refractivity contribution in [1.29, 1.82) is 0 Å². The Labute approximate surface area is 124 Å². The number of aromatic nitrogens is 1. The van der Waals surface area contributed by atoms with Crippen LogP contribution in [-0.4, -0.2) is 41.9 Å². The Morgan fingerprint density at radius 2 is 1.86 bits per heavy atom. The summed E-state index contributed by atoms with van der Waals surface area (Å²) >= 11 is 0. The summed E-state index contributed by atoms with van der Waals surface area (Å²) in [6, 6.07) is 11.4. The number of hydrogen-bond acceptors (Lipinski definition) is 3. The van der Waals surface area contributed by atoms with Gasteiger partial charge in [0.1, 0.15) is 0 Å². The lowest BCUT2D eigenvalue weighted by Gasteiger charge is -2.07. The van der Waals surface area contributed by atoms with Crippen LogP contribution in [0.1, 0.15) is 16.8 Å². The first kappa shape index (κ1) is 15.3. The van der Waals surface area contributed by atoms with Gasteiger partial charge in [0.25, 0.3) is 5.91 Å². The van der Waals surface area contributed by atoms with Gasteiger partial charge in [0.15, 0.2) is 0 Å². The molecule has 0 aliphatic carbocycles. The molecule has 0 radical (unpaired) electrons. The highest BCUT2D eigenvalue weighted by Gasteiger charge is 2.04. The first-order valence-electron chi connectivity index (χ1n) is 7.01. The molecule has 0 bridgehead atoms. The molecule has 0 saturated carbocycles. The Morgan fingerprint density at radius 1 is 1.14 bits per heavy atom. The van der Waals surface area contributed by atoms with Crippen molar-refractivity contribution in [2.75, 3.05) is 26.4 Å². The summed E-state index contributed by atoms with van der Waals surface area (Å²) in [5.41, 5.74) is 1.66. The van der Waals surface area contributed by atoms with Crippen LogP contribution < -0.4 is 5.32 Å². The van der Waals surface area contributed by atoms with Crippen LogP contribution in [-0.2, 0) is 4.74 Å². The molecule has 2 rings (SSSR count). The molecule has 0 aliphatic heterocycles. The highest BCUT2D eigenvalue weighted by molar-refractivity contribution is 5.94. The quantitative estimate of drug-likeness (QED) is 0.725. The van der Waals surface area contributed by atoms with Gasteiger partial charge in [-0.25, -0.2) is 0 Å². The van der Waals surface area contributed by atoms with Gasteiger partial charge in [0.2, 0.25) is 0 Å². The van der Waals surface area contributed by atoms with Gasteiger partial charge >= 0.3 is 0 Å². The van der Waals surface area contributed by atoms with E-state index in [1.807, 2.05) is 53.4 Å². The molecule has 1 heterocycles. The van der Waals surface area contributed by atoms with E-state index >= 15 is 0 Å². The minimum atomic E-state index is -0.0868. The van der Waals surface area contributed by atoms with Crippen LogP contribution in [0.25, 0.3) is 5.69 Å². The van der Waals surface area contributed by atoms with Crippen molar-refractivity contribution in [3.8, 4) is 5.69 Å². The zero-order valence-corrected chi connectivity index (χ0v) is 11.9. The smallest absolute Gasteiger partial charge is 0.251 e. The first-order valence-corrected chi connectivity index (χ1v) is 7.01. The molecule has 0 saturated heterocycles. The third-order valence-electron chi connectivity index (χ3n) is 3.02. The molecule has 1 aromatic heterocycles. The molecule has 2 aromatic rings. The monoisotopic (exact) mass is 288 g/mol. The first-order chi connectivity index (χ1) is 10.3. The average Bonchev–Trinajstić information content (AvgIpc) is 3.05. The van der Waals surface area contributed by atoms with E-state index in [1.165, 1.54) is 0 Å². The normalized spacial score (nSPS) is 10.5. The highest BCUT2D eigenvalue weighted by atomic mass is 16.5. The fourth-order valence-corrected chi connectivity index (χ4v) is 1.94. The van der Waals surface area contributed by atoms with Gasteiger partial charge in [-0.2, -0.15) is 0 Å². The molecule has 5 heteroatoms. The van der Waals surface area contributed by atoms with Gasteiger partial charge in [-0.05, 0) is 42.8 Å². The second-order valence-corrected chi connectivity index (χ2v) is 4.58. The van der Waals surface area contributed by atoms with Gasteiger partial charge in [-0.15, -0.1) is 0 Å². The second-order valence-electron chi connectivity index (χ2n) is 4.58. The maximum Gasteiger partial charge on any atom is 0.251 e. The summed E-state index contributed by atoms with van der Waals surface area (Å²) in [7, 11) is 0. The predicted molar refractivity (Wildman–Crippen MR) is 80.6 cm³/mol. The summed E-state index contributed by atoms with van der Waals surface area (Å²) in [6.07, 6.45) is 4.65. The fraction of sp³-hybridized carbons (Fsp3) is 0.312. The highest BCUT2D eigenvalue weighted by Crippen LogP contribution is 2.09. The van der Waals surface area contributed by atoms with Crippen molar-refractivity contribution < 1.29 is 14.6 Å². The average molecular weight is 288 g/mol. The van der Waals surface area contributed by atoms with Gasteiger partial charge in [-0.3, -0.25) is 4.79 Å². The summed E-state index contributed by atoms with van der Waals surface area (Å²) in [5.74, 6) is -0.0868. The van der Waals surface area contributed by atoms with E-state index in [0.29, 0.717) is 25.3 Å². The number of ether oxygens (including phenoxy) is 1. The molecule has 0 spiro atoms. The number of nitrogens with zero attached hydrogens (tertiary/aromatic N) is 1. The van der Waals surface area contributed by atoms with Gasteiger partial charge in [-0.1, -0.05) is 0 Å². The van der Waals surface area contributed by atoms with Gasteiger partial charge in [0, 0.05) is 36.8 Å². The fourth-order valence-electron chi connectivity index (χ4n) is 1.94. The summed E-state index contributed by atoms with van der Waals surface area (Å²) in [6.45, 7) is 1.46. The van der Waals surface area contributed by atoms with Crippen molar-refractivity contribution >= 4 is 5.91 Å². The lowest BCUT2D eigenvalue weighted by Crippen LogP contribution is -2.25. The van der Waals surface area contributed by atoms with Crippen molar-refractivity contribution in [3.63, 3.8) is 0 Å². The van der Waals surface area contributed by atoms with Crippen LogP contribution >= 0.6 is 0 Å². The standard InChI is InChI=1S/C16H20N2O3/c19-11-13-21-12-3-8-17-16(20)14-4-6-15(7-5-14)18-9-1-2-10-18/h1-2,4-7,9-10,19H,3,8,11-13H2,(H,17,20). The van der Waals surface area contributed by atoms with Crippen LogP contribution in [0.5, 0.6) is 0 Å². The Hall–Kier alpha value is -2.11. The molecule has 5 nitrogen and oxygen atoms in total. The maximum atomic E-state index is 11.9. The number of aliphatic hydroxyl groups is 1. The Morgan fingerprint density at radius 3 is 2.52 bits per heavy atom. The van der Waals surface area contributed by atoms with Crippen molar-refractivity contribution in [2.45, 2.75) is 6.42 Å². The topological polar surface area (TPSA) is 63.5 Å². The lowest BCUT2D eigenvalue weighted by molar-refractivity contribution is 0.0867. The molecule has 0 aliphatic rings. The van der Waals surface area contributed by atoms with Gasteiger partial charge in [0.05, 0.1) is 13.2 Å². The molecule has 0 unspecified atom stereocenters. The SMILES string of the molecule is O=C(NCCCOCCO)c1ccc(-n2cccc2)cc1. The van der Waals surface area contributed by atoms with Crippen LogP contribution in [0.4, 0.5) is 0 Å². The van der Waals surface area contributed by atoms with Crippen molar-refractivity contribution in [2.24, 2.45) is 0 Å².